The summed E-state index contributed by atoms with van der Waals surface area (Å²) in [5, 5.41) is 27.9. The number of hydrogen-bond acceptors (Lipinski definition) is 8. The number of ether oxygens (including phenoxy) is 1. The largest absolute Gasteiger partial charge is 0.481 e. The first kappa shape index (κ1) is 27.4. The minimum absolute atomic E-state index is 0.205. The van der Waals surface area contributed by atoms with Crippen molar-refractivity contribution in [1.82, 2.24) is 9.88 Å². The molecule has 0 saturated heterocycles. The topological polar surface area (TPSA) is 154 Å². The van der Waals surface area contributed by atoms with E-state index in [1.807, 2.05) is 36.9 Å². The van der Waals surface area contributed by atoms with E-state index >= 15 is 0 Å². The predicted molar refractivity (Wildman–Crippen MR) is 121 cm³/mol. The Morgan fingerprint density at radius 1 is 1.09 bits per heavy atom. The molecule has 1 aromatic heterocycles. The van der Waals surface area contributed by atoms with Gasteiger partial charge in [0.2, 0.25) is 0 Å². The van der Waals surface area contributed by atoms with Gasteiger partial charge in [-0.3, -0.25) is 24.3 Å². The number of carboxylic acids is 2. The molecule has 1 atom stereocenters. The van der Waals surface area contributed by atoms with E-state index in [9.17, 15) is 24.3 Å². The van der Waals surface area contributed by atoms with Crippen molar-refractivity contribution in [1.29, 1.82) is 0 Å². The Morgan fingerprint density at radius 3 is 2.29 bits per heavy atom. The van der Waals surface area contributed by atoms with Crippen LogP contribution in [0, 0.1) is 5.92 Å². The van der Waals surface area contributed by atoms with Gasteiger partial charge in [-0.25, -0.2) is 4.79 Å². The summed E-state index contributed by atoms with van der Waals surface area (Å²) in [4.78, 5) is 53.3. The van der Waals surface area contributed by atoms with Crippen LogP contribution < -0.4 is 0 Å². The van der Waals surface area contributed by atoms with Crippen LogP contribution in [0.1, 0.15) is 64.5 Å². The summed E-state index contributed by atoms with van der Waals surface area (Å²) in [5.41, 5.74) is -2.12. The van der Waals surface area contributed by atoms with Crippen LogP contribution in [-0.4, -0.2) is 74.3 Å². The standard InChI is InChI=1S/C24H34N2O8/c1-17(2)14-26(16-23(9-5-3-6-10-23)18-8-4-7-11-25-18)15-21(30)34-20(29)13-24(33,22(31)32)12-19(27)28/h4,7-8,11,17,33H,3,5-6,9-10,12-16H2,1-2H3,(H,27,28)(H,31,32). The Bertz CT molecular complexity index is 867. The van der Waals surface area contributed by atoms with Gasteiger partial charge in [0, 0.05) is 30.4 Å². The number of carbonyl (C=O) groups excluding carboxylic acids is 2. The van der Waals surface area contributed by atoms with Crippen LogP contribution in [0.5, 0.6) is 0 Å². The summed E-state index contributed by atoms with van der Waals surface area (Å²) in [5.74, 6) is -5.44. The number of carbonyl (C=O) groups is 4. The number of pyridine rings is 1. The summed E-state index contributed by atoms with van der Waals surface area (Å²) in [6.07, 6.45) is 4.49. The van der Waals surface area contributed by atoms with Crippen LogP contribution in [0.25, 0.3) is 0 Å². The number of aliphatic carboxylic acids is 2. The molecular weight excluding hydrogens is 444 g/mol. The monoisotopic (exact) mass is 478 g/mol. The van der Waals surface area contributed by atoms with Crippen molar-refractivity contribution in [2.45, 2.75) is 69.8 Å². The first-order valence-electron chi connectivity index (χ1n) is 11.5. The summed E-state index contributed by atoms with van der Waals surface area (Å²) < 4.78 is 4.77. The fraction of sp³-hybridized carbons (Fsp3) is 0.625. The SMILES string of the molecule is CC(C)CN(CC(=O)OC(=O)CC(O)(CC(=O)O)C(=O)O)CC1(c2ccccn2)CCCCC1. The second-order valence-electron chi connectivity index (χ2n) is 9.55. The van der Waals surface area contributed by atoms with Crippen LogP contribution >= 0.6 is 0 Å². The highest BCUT2D eigenvalue weighted by Gasteiger charge is 2.42. The van der Waals surface area contributed by atoms with E-state index in [-0.39, 0.29) is 17.9 Å². The molecule has 0 amide bonds. The predicted octanol–water partition coefficient (Wildman–Crippen LogP) is 1.99. The maximum absolute atomic E-state index is 12.6. The van der Waals surface area contributed by atoms with E-state index in [0.717, 1.165) is 37.8 Å². The molecule has 10 nitrogen and oxygen atoms in total. The Morgan fingerprint density at radius 2 is 1.76 bits per heavy atom. The highest BCUT2D eigenvalue weighted by molar-refractivity contribution is 5.92. The van der Waals surface area contributed by atoms with Crippen LogP contribution in [0.4, 0.5) is 0 Å². The van der Waals surface area contributed by atoms with E-state index in [4.69, 9.17) is 14.9 Å². The van der Waals surface area contributed by atoms with Gasteiger partial charge in [-0.2, -0.15) is 0 Å². The lowest BCUT2D eigenvalue weighted by atomic mass is 9.71. The number of aromatic nitrogens is 1. The number of hydrogen-bond donors (Lipinski definition) is 3. The maximum Gasteiger partial charge on any atom is 0.336 e. The van der Waals surface area contributed by atoms with Crippen LogP contribution in [0.15, 0.2) is 24.4 Å². The van der Waals surface area contributed by atoms with Gasteiger partial charge in [0.15, 0.2) is 5.60 Å². The third-order valence-corrected chi connectivity index (χ3v) is 6.03. The lowest BCUT2D eigenvalue weighted by molar-refractivity contribution is -0.174. The molecule has 1 aliphatic carbocycles. The zero-order chi connectivity index (χ0) is 25.4. The molecule has 1 saturated carbocycles. The average Bonchev–Trinajstić information content (AvgIpc) is 2.73. The Balaban J connectivity index is 2.11. The van der Waals surface area contributed by atoms with Crippen molar-refractivity contribution < 1.29 is 39.2 Å². The smallest absolute Gasteiger partial charge is 0.336 e. The molecule has 3 N–H and O–H groups in total. The van der Waals surface area contributed by atoms with Gasteiger partial charge < -0.3 is 20.1 Å². The molecule has 1 unspecified atom stereocenters. The first-order chi connectivity index (χ1) is 16.0. The first-order valence-corrected chi connectivity index (χ1v) is 11.5. The fourth-order valence-corrected chi connectivity index (χ4v) is 4.61. The van der Waals surface area contributed by atoms with E-state index in [2.05, 4.69) is 4.98 Å². The molecule has 34 heavy (non-hydrogen) atoms. The average molecular weight is 479 g/mol. The number of carboxylic acid groups (broad SMARTS) is 2. The number of nitrogens with zero attached hydrogens (tertiary/aromatic N) is 2. The van der Waals surface area contributed by atoms with Gasteiger partial charge in [0.25, 0.3) is 0 Å². The quantitative estimate of drug-likeness (QED) is 0.300. The minimum atomic E-state index is -2.86. The summed E-state index contributed by atoms with van der Waals surface area (Å²) in [6.45, 7) is 4.93. The minimum Gasteiger partial charge on any atom is -0.481 e. The van der Waals surface area contributed by atoms with E-state index in [1.165, 1.54) is 0 Å². The summed E-state index contributed by atoms with van der Waals surface area (Å²) in [6, 6.07) is 5.80. The summed E-state index contributed by atoms with van der Waals surface area (Å²) in [7, 11) is 0. The molecule has 0 aliphatic heterocycles. The van der Waals surface area contributed by atoms with Gasteiger partial charge >= 0.3 is 23.9 Å². The molecule has 10 heteroatoms. The maximum atomic E-state index is 12.6. The molecule has 0 spiro atoms. The second-order valence-corrected chi connectivity index (χ2v) is 9.55. The zero-order valence-electron chi connectivity index (χ0n) is 19.7. The van der Waals surface area contributed by atoms with Crippen molar-refractivity contribution in [3.63, 3.8) is 0 Å². The number of rotatable bonds is 12. The molecule has 188 valence electrons. The summed E-state index contributed by atoms with van der Waals surface area (Å²) >= 11 is 0. The molecule has 1 heterocycles. The molecule has 0 aromatic carbocycles. The van der Waals surface area contributed by atoms with E-state index in [0.29, 0.717) is 13.1 Å². The highest BCUT2D eigenvalue weighted by atomic mass is 16.6. The van der Waals surface area contributed by atoms with Crippen LogP contribution in [0.2, 0.25) is 0 Å². The Kier molecular flexibility index (Phi) is 9.69. The van der Waals surface area contributed by atoms with Crippen molar-refractivity contribution in [3.8, 4) is 0 Å². The number of aliphatic hydroxyl groups is 1. The van der Waals surface area contributed by atoms with Crippen molar-refractivity contribution >= 4 is 23.9 Å². The van der Waals surface area contributed by atoms with E-state index in [1.54, 1.807) is 6.20 Å². The van der Waals surface area contributed by atoms with Gasteiger partial charge in [-0.1, -0.05) is 39.2 Å². The lowest BCUT2D eigenvalue weighted by Gasteiger charge is -2.41. The van der Waals surface area contributed by atoms with Gasteiger partial charge in [0.05, 0.1) is 19.4 Å². The van der Waals surface area contributed by atoms with Crippen molar-refractivity contribution in [3.05, 3.63) is 30.1 Å². The molecule has 1 aromatic rings. The molecule has 1 fully saturated rings. The zero-order valence-corrected chi connectivity index (χ0v) is 19.7. The second kappa shape index (κ2) is 12.0. The van der Waals surface area contributed by atoms with Gasteiger partial charge in [0.1, 0.15) is 0 Å². The molecule has 1 aliphatic rings. The molecular formula is C24H34N2O8. The third-order valence-electron chi connectivity index (χ3n) is 6.03. The molecule has 0 radical (unpaired) electrons. The van der Waals surface area contributed by atoms with Gasteiger partial charge in [-0.15, -0.1) is 0 Å². The molecule has 0 bridgehead atoms. The van der Waals surface area contributed by atoms with Gasteiger partial charge in [-0.05, 0) is 30.9 Å². The molecule has 2 rings (SSSR count). The lowest BCUT2D eigenvalue weighted by Crippen LogP contribution is -2.47. The Labute approximate surface area is 198 Å². The normalized spacial score (nSPS) is 17.2. The van der Waals surface area contributed by atoms with E-state index < -0.39 is 42.3 Å². The van der Waals surface area contributed by atoms with Crippen molar-refractivity contribution in [2.75, 3.05) is 19.6 Å². The number of esters is 2. The highest BCUT2D eigenvalue weighted by Crippen LogP contribution is 2.39. The van der Waals surface area contributed by atoms with Crippen LogP contribution in [-0.2, 0) is 29.3 Å². The third kappa shape index (κ3) is 7.88. The van der Waals surface area contributed by atoms with Crippen LogP contribution in [0.3, 0.4) is 0 Å². The fourth-order valence-electron chi connectivity index (χ4n) is 4.61. The van der Waals surface area contributed by atoms with Crippen molar-refractivity contribution in [2.24, 2.45) is 5.92 Å². The Hall–Kier alpha value is -2.85.